The van der Waals surface area contributed by atoms with Gasteiger partial charge in [0.05, 0.1) is 38.1 Å². The molecule has 3 aromatic carbocycles. The van der Waals surface area contributed by atoms with Gasteiger partial charge in [-0.05, 0) is 96.3 Å². The maximum Gasteiger partial charge on any atom is 0.256 e. The van der Waals surface area contributed by atoms with Crippen LogP contribution in [0.5, 0.6) is 17.2 Å². The molecule has 0 spiro atoms. The number of carbonyl (C=O) groups excluding carboxylic acids is 1. The zero-order chi connectivity index (χ0) is 35.2. The highest BCUT2D eigenvalue weighted by Crippen LogP contribution is 2.46. The fraction of sp³-hybridized carbons (Fsp3) is 0.268. The number of imidazole rings is 1. The first-order chi connectivity index (χ1) is 24.1. The van der Waals surface area contributed by atoms with E-state index >= 15 is 0 Å². The zero-order valence-electron chi connectivity index (χ0n) is 29.5. The number of nitrogens with one attached hydrogen (secondary N) is 2. The number of nitrogens with zero attached hydrogens (tertiary/aromatic N) is 3. The largest absolute Gasteiger partial charge is 0.493 e. The molecule has 2 N–H and O–H groups in total. The Balaban J connectivity index is 1.34. The van der Waals surface area contributed by atoms with E-state index < -0.39 is 0 Å². The van der Waals surface area contributed by atoms with Crippen molar-refractivity contribution in [1.29, 1.82) is 0 Å². The van der Waals surface area contributed by atoms with Crippen molar-refractivity contribution >= 4 is 45.3 Å². The molecule has 254 valence electrons. The number of benzene rings is 3. The van der Waals surface area contributed by atoms with Gasteiger partial charge >= 0.3 is 0 Å². The van der Waals surface area contributed by atoms with Gasteiger partial charge in [-0.3, -0.25) is 4.79 Å². The summed E-state index contributed by atoms with van der Waals surface area (Å²) < 4.78 is 16.9. The summed E-state index contributed by atoms with van der Waals surface area (Å²) in [5.41, 5.74) is 9.06. The van der Waals surface area contributed by atoms with E-state index in [-0.39, 0.29) is 17.2 Å². The Bertz CT molecular complexity index is 2270. The summed E-state index contributed by atoms with van der Waals surface area (Å²) in [5, 5.41) is 4.04. The van der Waals surface area contributed by atoms with Crippen LogP contribution in [0.15, 0.2) is 72.8 Å². The van der Waals surface area contributed by atoms with Crippen molar-refractivity contribution in [3.05, 3.63) is 101 Å². The maximum atomic E-state index is 14.5. The van der Waals surface area contributed by atoms with Crippen molar-refractivity contribution in [2.45, 2.75) is 40.5 Å². The second kappa shape index (κ2) is 13.0. The number of hydrogen-bond acceptors (Lipinski definition) is 7. The molecule has 3 heterocycles. The number of fused-ring (bicyclic) bond motifs is 3. The molecule has 0 bridgehead atoms. The second-order valence-corrected chi connectivity index (χ2v) is 13.9. The van der Waals surface area contributed by atoms with Crippen molar-refractivity contribution in [2.24, 2.45) is 11.3 Å². The van der Waals surface area contributed by atoms with E-state index in [0.29, 0.717) is 34.3 Å². The number of aromatic nitrogens is 4. The molecule has 1 amide bonds. The molecule has 0 fully saturated rings. The quantitative estimate of drug-likeness (QED) is 0.175. The highest BCUT2D eigenvalue weighted by molar-refractivity contribution is 6.14. The summed E-state index contributed by atoms with van der Waals surface area (Å²) in [6.07, 6.45) is 3.66. The van der Waals surface area contributed by atoms with Gasteiger partial charge in [0.15, 0.2) is 17.1 Å². The molecule has 1 unspecified atom stereocenters. The number of para-hydroxylation sites is 1. The first-order valence-electron chi connectivity index (χ1n) is 16.7. The van der Waals surface area contributed by atoms with E-state index in [1.54, 1.807) is 21.3 Å². The van der Waals surface area contributed by atoms with E-state index in [9.17, 15) is 4.79 Å². The molecular weight excluding hydrogens is 626 g/mol. The fourth-order valence-corrected chi connectivity index (χ4v) is 6.85. The van der Waals surface area contributed by atoms with E-state index in [0.717, 1.165) is 68.6 Å². The predicted octanol–water partition coefficient (Wildman–Crippen LogP) is 8.91. The Labute approximate surface area is 291 Å². The molecule has 0 radical (unpaired) electrons. The summed E-state index contributed by atoms with van der Waals surface area (Å²) in [6.45, 7) is 8.73. The predicted molar refractivity (Wildman–Crippen MR) is 199 cm³/mol. The minimum absolute atomic E-state index is 0.0280. The number of anilines is 1. The molecule has 3 aromatic heterocycles. The van der Waals surface area contributed by atoms with Crippen molar-refractivity contribution in [1.82, 2.24) is 19.9 Å². The smallest absolute Gasteiger partial charge is 0.256 e. The third kappa shape index (κ3) is 6.15. The van der Waals surface area contributed by atoms with Crippen molar-refractivity contribution in [3.63, 3.8) is 0 Å². The van der Waals surface area contributed by atoms with Crippen LogP contribution in [-0.2, 0) is 6.42 Å². The number of carbonyl (C=O) groups is 1. The molecule has 0 saturated heterocycles. The van der Waals surface area contributed by atoms with E-state index in [4.69, 9.17) is 24.2 Å². The molecule has 6 aromatic rings. The minimum atomic E-state index is -0.180. The molecule has 0 saturated carbocycles. The van der Waals surface area contributed by atoms with Gasteiger partial charge in [0, 0.05) is 22.3 Å². The highest BCUT2D eigenvalue weighted by atomic mass is 16.5. The molecule has 9 heteroatoms. The Hall–Kier alpha value is -5.70. The number of hydrogen-bond donors (Lipinski definition) is 2. The third-order valence-corrected chi connectivity index (χ3v) is 9.57. The standard InChI is InChI=1S/C41H41N5O4/c1-23-15-16-32-39(42-23)46-38(45-32)25-11-10-12-28(21-25)43-40(47)35-29-13-8-9-14-31(29)44-36-26(20-27(22-30(35)36)41(2,3)4)17-24-18-33(48-5)37(50-7)34(19-24)49-6/h8-19,21,27H,20,22H2,1-7H3,(H,43,47)(H,42,45,46)/b26-17-. The van der Waals surface area contributed by atoms with E-state index in [2.05, 4.69) is 42.1 Å². The third-order valence-electron chi connectivity index (χ3n) is 9.57. The monoisotopic (exact) mass is 667 g/mol. The van der Waals surface area contributed by atoms with Crippen LogP contribution in [0.3, 0.4) is 0 Å². The van der Waals surface area contributed by atoms with Crippen LogP contribution in [0.4, 0.5) is 5.69 Å². The normalized spacial score (nSPS) is 15.3. The van der Waals surface area contributed by atoms with Crippen LogP contribution in [0, 0.1) is 18.3 Å². The van der Waals surface area contributed by atoms with Gasteiger partial charge < -0.3 is 24.5 Å². The van der Waals surface area contributed by atoms with Crippen LogP contribution in [0.25, 0.3) is 45.1 Å². The Morgan fingerprint density at radius 3 is 2.34 bits per heavy atom. The summed E-state index contributed by atoms with van der Waals surface area (Å²) >= 11 is 0. The van der Waals surface area contributed by atoms with Crippen LogP contribution in [0.2, 0.25) is 0 Å². The minimum Gasteiger partial charge on any atom is -0.493 e. The number of methoxy groups -OCH3 is 3. The lowest BCUT2D eigenvalue weighted by molar-refractivity contribution is 0.102. The number of pyridine rings is 2. The lowest BCUT2D eigenvalue weighted by Crippen LogP contribution is -2.29. The van der Waals surface area contributed by atoms with Gasteiger partial charge in [0.25, 0.3) is 5.91 Å². The van der Waals surface area contributed by atoms with Gasteiger partial charge in [0.1, 0.15) is 11.3 Å². The number of allylic oxidation sites excluding steroid dienone is 1. The van der Waals surface area contributed by atoms with Crippen molar-refractivity contribution in [3.8, 4) is 28.6 Å². The van der Waals surface area contributed by atoms with Crippen LogP contribution < -0.4 is 19.5 Å². The van der Waals surface area contributed by atoms with Gasteiger partial charge in [-0.1, -0.05) is 51.1 Å². The molecule has 1 atom stereocenters. The van der Waals surface area contributed by atoms with Crippen LogP contribution in [0.1, 0.15) is 60.1 Å². The summed E-state index contributed by atoms with van der Waals surface area (Å²) in [7, 11) is 4.82. The fourth-order valence-electron chi connectivity index (χ4n) is 6.85. The Kier molecular flexibility index (Phi) is 8.51. The lowest BCUT2D eigenvalue weighted by atomic mass is 9.69. The van der Waals surface area contributed by atoms with Crippen LogP contribution >= 0.6 is 0 Å². The SMILES string of the molecule is COc1cc(/C=C2/CC(C(C)(C)C)Cc3c2nc2ccccc2c3C(=O)Nc2cccc(-c3nc4ccc(C)nc4[nH]3)c2)cc(OC)c1OC. The Morgan fingerprint density at radius 2 is 1.62 bits per heavy atom. The van der Waals surface area contributed by atoms with Crippen LogP contribution in [-0.4, -0.2) is 47.2 Å². The topological polar surface area (TPSA) is 111 Å². The molecule has 0 aliphatic heterocycles. The van der Waals surface area contributed by atoms with Crippen molar-refractivity contribution < 1.29 is 19.0 Å². The Morgan fingerprint density at radius 1 is 0.860 bits per heavy atom. The molecule has 50 heavy (non-hydrogen) atoms. The average molecular weight is 668 g/mol. The average Bonchev–Trinajstić information content (AvgIpc) is 3.53. The highest BCUT2D eigenvalue weighted by Gasteiger charge is 2.35. The number of aromatic amines is 1. The van der Waals surface area contributed by atoms with Gasteiger partial charge in [-0.15, -0.1) is 0 Å². The molecular formula is C41H41N5O4. The first-order valence-corrected chi connectivity index (χ1v) is 16.7. The molecule has 1 aliphatic carbocycles. The lowest BCUT2D eigenvalue weighted by Gasteiger charge is -2.37. The molecule has 1 aliphatic rings. The number of amides is 1. The number of ether oxygens (including phenoxy) is 3. The zero-order valence-corrected chi connectivity index (χ0v) is 29.5. The first kappa shape index (κ1) is 32.8. The van der Waals surface area contributed by atoms with E-state index in [1.807, 2.05) is 79.7 Å². The summed E-state index contributed by atoms with van der Waals surface area (Å²) in [4.78, 5) is 32.4. The summed E-state index contributed by atoms with van der Waals surface area (Å²) in [5.74, 6) is 2.45. The van der Waals surface area contributed by atoms with Gasteiger partial charge in [0.2, 0.25) is 5.75 Å². The van der Waals surface area contributed by atoms with Gasteiger partial charge in [-0.2, -0.15) is 0 Å². The number of aryl methyl sites for hydroxylation is 1. The number of H-pyrrole nitrogens is 1. The summed E-state index contributed by atoms with van der Waals surface area (Å²) in [6, 6.07) is 23.4. The molecule has 7 rings (SSSR count). The van der Waals surface area contributed by atoms with Crippen molar-refractivity contribution in [2.75, 3.05) is 26.6 Å². The number of rotatable bonds is 7. The van der Waals surface area contributed by atoms with E-state index in [1.165, 1.54) is 0 Å². The molecule has 9 nitrogen and oxygen atoms in total. The second-order valence-electron chi connectivity index (χ2n) is 13.9. The van der Waals surface area contributed by atoms with Gasteiger partial charge in [-0.25, -0.2) is 15.0 Å². The maximum absolute atomic E-state index is 14.5.